The van der Waals surface area contributed by atoms with Crippen LogP contribution in [0, 0.1) is 11.3 Å². The van der Waals surface area contributed by atoms with Gasteiger partial charge in [0.25, 0.3) is 0 Å². The van der Waals surface area contributed by atoms with Crippen LogP contribution in [-0.2, 0) is 37.2 Å². The Bertz CT molecular complexity index is 1240. The second-order valence-corrected chi connectivity index (χ2v) is 10.9. The molecule has 0 aliphatic carbocycles. The number of aromatic nitrogens is 3. The van der Waals surface area contributed by atoms with E-state index in [9.17, 15) is 34.1 Å². The molecule has 6 atom stereocenters. The molecular weight excluding hydrogens is 515 g/mol. The van der Waals surface area contributed by atoms with Crippen molar-refractivity contribution < 1.29 is 61.4 Å². The molecule has 182 valence electrons. The van der Waals surface area contributed by atoms with Gasteiger partial charge in [-0.3, -0.25) is 4.52 Å². The maximum atomic E-state index is 11.9. The van der Waals surface area contributed by atoms with Crippen molar-refractivity contribution in [2.75, 3.05) is 12.3 Å². The standard InChI is InChI=1S/C12H16N5O13P3/c13-4-12(8-2-1-6-11(14)15-5-16-17(6)8)10(19)9(18)7(28-12)3-27-32(23,24)30-33(25,26)29-31(20,21)22/h1-2,5,7,9-10,18-19H,3H2,(H,23,24)(H,25,26)(H2,14,15,16)(H2,20,21,22)/t7-,9-,10-,12?/m1/s1. The molecule has 1 saturated heterocycles. The topological polar surface area (TPSA) is 290 Å². The summed E-state index contributed by atoms with van der Waals surface area (Å²) in [7, 11) is -16.9. The average molecular weight is 531 g/mol. The van der Waals surface area contributed by atoms with Crippen LogP contribution in [0.1, 0.15) is 5.69 Å². The van der Waals surface area contributed by atoms with Gasteiger partial charge in [0, 0.05) is 0 Å². The lowest BCUT2D eigenvalue weighted by molar-refractivity contribution is -0.0634. The molecule has 0 amide bonds. The third-order valence-electron chi connectivity index (χ3n) is 4.30. The zero-order chi connectivity index (χ0) is 24.8. The Morgan fingerprint density at radius 3 is 2.45 bits per heavy atom. The van der Waals surface area contributed by atoms with E-state index >= 15 is 0 Å². The average Bonchev–Trinajstić information content (AvgIpc) is 3.20. The van der Waals surface area contributed by atoms with Crippen molar-refractivity contribution in [1.82, 2.24) is 14.6 Å². The number of nitrogen functional groups attached to an aromatic ring is 1. The van der Waals surface area contributed by atoms with Gasteiger partial charge in [-0.05, 0) is 12.1 Å². The minimum atomic E-state index is -5.76. The molecule has 0 spiro atoms. The van der Waals surface area contributed by atoms with E-state index in [0.717, 1.165) is 10.8 Å². The van der Waals surface area contributed by atoms with Gasteiger partial charge < -0.3 is 40.3 Å². The number of nitrogens with two attached hydrogens (primary N) is 1. The minimum absolute atomic E-state index is 0.0292. The molecule has 1 aliphatic heterocycles. The molecule has 3 rings (SSSR count). The Hall–Kier alpha value is -1.80. The first-order chi connectivity index (χ1) is 15.1. The monoisotopic (exact) mass is 531 g/mol. The second-order valence-electron chi connectivity index (χ2n) is 6.49. The van der Waals surface area contributed by atoms with Crippen LogP contribution in [-0.4, -0.2) is 69.3 Å². The summed E-state index contributed by atoms with van der Waals surface area (Å²) in [4.78, 5) is 39.5. The van der Waals surface area contributed by atoms with E-state index in [1.54, 1.807) is 6.07 Å². The zero-order valence-electron chi connectivity index (χ0n) is 15.9. The fourth-order valence-corrected chi connectivity index (χ4v) is 6.05. The van der Waals surface area contributed by atoms with E-state index in [2.05, 4.69) is 23.2 Å². The molecule has 0 aromatic carbocycles. The number of phosphoric ester groups is 1. The first-order valence-corrected chi connectivity index (χ1v) is 13.0. The van der Waals surface area contributed by atoms with Gasteiger partial charge in [0.1, 0.15) is 36.2 Å². The van der Waals surface area contributed by atoms with Gasteiger partial charge in [0.05, 0.1) is 12.3 Å². The molecule has 3 unspecified atom stereocenters. The Morgan fingerprint density at radius 2 is 1.85 bits per heavy atom. The highest BCUT2D eigenvalue weighted by molar-refractivity contribution is 7.66. The number of rotatable bonds is 8. The Balaban J connectivity index is 1.80. The fraction of sp³-hybridized carbons (Fsp3) is 0.417. The highest BCUT2D eigenvalue weighted by Crippen LogP contribution is 2.66. The van der Waals surface area contributed by atoms with E-state index in [4.69, 9.17) is 25.2 Å². The molecule has 18 nitrogen and oxygen atoms in total. The van der Waals surface area contributed by atoms with Gasteiger partial charge in [0.15, 0.2) is 5.82 Å². The summed E-state index contributed by atoms with van der Waals surface area (Å²) in [6.07, 6.45) is -4.44. The fourth-order valence-electron chi connectivity index (χ4n) is 3.02. The third kappa shape index (κ3) is 5.32. The largest absolute Gasteiger partial charge is 0.490 e. The van der Waals surface area contributed by atoms with Crippen LogP contribution >= 0.6 is 23.5 Å². The highest BCUT2D eigenvalue weighted by atomic mass is 31.3. The van der Waals surface area contributed by atoms with Crippen molar-refractivity contribution in [2.45, 2.75) is 23.9 Å². The number of hydrogen-bond donors (Lipinski definition) is 7. The van der Waals surface area contributed by atoms with Gasteiger partial charge >= 0.3 is 23.5 Å². The Labute approximate surface area is 183 Å². The summed E-state index contributed by atoms with van der Waals surface area (Å²) in [5, 5.41) is 34.5. The summed E-state index contributed by atoms with van der Waals surface area (Å²) >= 11 is 0. The number of anilines is 1. The molecule has 1 aliphatic rings. The predicted octanol–water partition coefficient (Wildman–Crippen LogP) is -1.51. The van der Waals surface area contributed by atoms with Crippen molar-refractivity contribution >= 4 is 34.8 Å². The van der Waals surface area contributed by atoms with Crippen LogP contribution in [0.15, 0.2) is 18.5 Å². The van der Waals surface area contributed by atoms with E-state index in [1.807, 2.05) is 0 Å². The van der Waals surface area contributed by atoms with Crippen LogP contribution in [0.3, 0.4) is 0 Å². The van der Waals surface area contributed by atoms with Gasteiger partial charge in [-0.25, -0.2) is 23.2 Å². The van der Waals surface area contributed by atoms with Crippen LogP contribution in [0.25, 0.3) is 5.52 Å². The van der Waals surface area contributed by atoms with Crippen molar-refractivity contribution in [2.24, 2.45) is 0 Å². The summed E-state index contributed by atoms with van der Waals surface area (Å²) in [6.45, 7) is -1.09. The SMILES string of the molecule is N#CC1(c2ccc3c(N)ncnn23)O[C@H](COP(=O)(O)OP(=O)(O)OP(=O)(O)O)[C@@H](O)[C@H]1O. The molecular formula is C12H16N5O13P3. The molecule has 33 heavy (non-hydrogen) atoms. The number of aliphatic hydroxyl groups excluding tert-OH is 2. The molecule has 8 N–H and O–H groups in total. The Morgan fingerprint density at radius 1 is 1.18 bits per heavy atom. The number of phosphoric acid groups is 3. The maximum absolute atomic E-state index is 11.9. The lowest BCUT2D eigenvalue weighted by Crippen LogP contribution is -2.41. The van der Waals surface area contributed by atoms with E-state index in [1.165, 1.54) is 12.1 Å². The number of ether oxygens (including phenoxy) is 1. The number of aliphatic hydroxyl groups is 2. The van der Waals surface area contributed by atoms with Crippen molar-refractivity contribution in [3.63, 3.8) is 0 Å². The molecule has 0 bridgehead atoms. The zero-order valence-corrected chi connectivity index (χ0v) is 18.6. The first-order valence-electron chi connectivity index (χ1n) is 8.43. The van der Waals surface area contributed by atoms with Gasteiger partial charge in [0.2, 0.25) is 5.60 Å². The lowest BCUT2D eigenvalue weighted by Gasteiger charge is -2.24. The lowest BCUT2D eigenvalue weighted by atomic mass is 9.92. The Kier molecular flexibility index (Phi) is 6.86. The predicted molar refractivity (Wildman–Crippen MR) is 101 cm³/mol. The van der Waals surface area contributed by atoms with E-state index in [0.29, 0.717) is 0 Å². The van der Waals surface area contributed by atoms with Gasteiger partial charge in [-0.1, -0.05) is 0 Å². The molecule has 2 aromatic heterocycles. The normalized spacial score (nSPS) is 29.4. The molecule has 1 fully saturated rings. The molecule has 3 heterocycles. The highest BCUT2D eigenvalue weighted by Gasteiger charge is 2.58. The quantitative estimate of drug-likeness (QED) is 0.191. The number of hydrogen-bond acceptors (Lipinski definition) is 13. The van der Waals surface area contributed by atoms with E-state index < -0.39 is 54.0 Å². The number of nitriles is 1. The molecule has 21 heteroatoms. The molecule has 0 radical (unpaired) electrons. The van der Waals surface area contributed by atoms with Gasteiger partial charge in [-0.2, -0.15) is 19.0 Å². The number of fused-ring (bicyclic) bond motifs is 1. The van der Waals surface area contributed by atoms with Gasteiger partial charge in [-0.15, -0.1) is 0 Å². The number of nitrogens with zero attached hydrogens (tertiary/aromatic N) is 4. The van der Waals surface area contributed by atoms with Crippen LogP contribution < -0.4 is 5.73 Å². The minimum Gasteiger partial charge on any atom is -0.387 e. The molecule has 0 saturated carbocycles. The van der Waals surface area contributed by atoms with Crippen molar-refractivity contribution in [3.05, 3.63) is 24.2 Å². The first kappa shape index (κ1) is 25.8. The summed E-state index contributed by atoms with van der Waals surface area (Å²) in [5.74, 6) is 0.0292. The summed E-state index contributed by atoms with van der Waals surface area (Å²) < 4.78 is 52.0. The molecule has 2 aromatic rings. The van der Waals surface area contributed by atoms with E-state index in [-0.39, 0.29) is 17.0 Å². The van der Waals surface area contributed by atoms with Crippen LogP contribution in [0.2, 0.25) is 0 Å². The van der Waals surface area contributed by atoms with Crippen LogP contribution in [0.5, 0.6) is 0 Å². The maximum Gasteiger partial charge on any atom is 0.490 e. The smallest absolute Gasteiger partial charge is 0.387 e. The second kappa shape index (κ2) is 8.77. The van der Waals surface area contributed by atoms with Crippen molar-refractivity contribution in [1.29, 1.82) is 5.26 Å². The third-order valence-corrected chi connectivity index (χ3v) is 8.11. The van der Waals surface area contributed by atoms with Crippen LogP contribution in [0.4, 0.5) is 5.82 Å². The summed E-state index contributed by atoms with van der Waals surface area (Å²) in [5.41, 5.74) is 3.61. The summed E-state index contributed by atoms with van der Waals surface area (Å²) in [6, 6.07) is 4.42. The van der Waals surface area contributed by atoms with Crippen molar-refractivity contribution in [3.8, 4) is 6.07 Å².